The van der Waals surface area contributed by atoms with Gasteiger partial charge in [0.25, 0.3) is 0 Å². The van der Waals surface area contributed by atoms with Crippen LogP contribution in [-0.2, 0) is 11.3 Å². The Balaban J connectivity index is 0.00000200. The van der Waals surface area contributed by atoms with Gasteiger partial charge in [0.05, 0.1) is 6.10 Å². The lowest BCUT2D eigenvalue weighted by Crippen LogP contribution is -2.37. The average molecular weight is 401 g/mol. The first-order valence-corrected chi connectivity index (χ1v) is 6.12. The van der Waals surface area contributed by atoms with Gasteiger partial charge in [-0.15, -0.1) is 24.0 Å². The van der Waals surface area contributed by atoms with Gasteiger partial charge in [-0.3, -0.25) is 4.57 Å². The standard InChI is InChI=1S/C11H17F2N5O.HI/c12-10(13)18-4-3-15-9(18)7-17-11(14)16-6-8-2-1-5-19-8;/h3-4,8,10H,1-2,5-7H2,(H3,14,16,17);1H. The molecule has 1 atom stereocenters. The van der Waals surface area contributed by atoms with Gasteiger partial charge in [0.2, 0.25) is 0 Å². The maximum Gasteiger partial charge on any atom is 0.319 e. The molecule has 1 aliphatic heterocycles. The van der Waals surface area contributed by atoms with Crippen LogP contribution in [-0.4, -0.2) is 34.8 Å². The fourth-order valence-corrected chi connectivity index (χ4v) is 1.88. The SMILES string of the molecule is I.NC(=NCc1nccn1C(F)F)NCC1CCCO1. The van der Waals surface area contributed by atoms with E-state index in [1.165, 1.54) is 12.4 Å². The number of hydrogen-bond donors (Lipinski definition) is 2. The lowest BCUT2D eigenvalue weighted by molar-refractivity contribution is 0.0671. The van der Waals surface area contributed by atoms with Crippen LogP contribution in [0.25, 0.3) is 0 Å². The highest BCUT2D eigenvalue weighted by Crippen LogP contribution is 2.13. The number of imidazole rings is 1. The highest BCUT2D eigenvalue weighted by molar-refractivity contribution is 14.0. The monoisotopic (exact) mass is 401 g/mol. The Morgan fingerprint density at radius 2 is 2.45 bits per heavy atom. The molecule has 3 N–H and O–H groups in total. The Hall–Kier alpha value is -0.970. The van der Waals surface area contributed by atoms with Crippen LogP contribution in [0.5, 0.6) is 0 Å². The van der Waals surface area contributed by atoms with Crippen molar-refractivity contribution in [3.05, 3.63) is 18.2 Å². The number of nitrogens with one attached hydrogen (secondary N) is 1. The van der Waals surface area contributed by atoms with E-state index in [2.05, 4.69) is 15.3 Å². The molecule has 0 amide bonds. The first-order valence-electron chi connectivity index (χ1n) is 6.12. The number of ether oxygens (including phenoxy) is 1. The Bertz CT molecular complexity index is 434. The van der Waals surface area contributed by atoms with Gasteiger partial charge < -0.3 is 15.8 Å². The van der Waals surface area contributed by atoms with Crippen LogP contribution in [0.3, 0.4) is 0 Å². The van der Waals surface area contributed by atoms with E-state index in [0.717, 1.165) is 24.0 Å². The van der Waals surface area contributed by atoms with Gasteiger partial charge in [-0.05, 0) is 12.8 Å². The number of nitrogens with two attached hydrogens (primary N) is 1. The molecule has 2 rings (SSSR count). The van der Waals surface area contributed by atoms with Crippen molar-refractivity contribution in [3.63, 3.8) is 0 Å². The number of aromatic nitrogens is 2. The lowest BCUT2D eigenvalue weighted by atomic mass is 10.2. The number of guanidine groups is 1. The molecule has 0 spiro atoms. The van der Waals surface area contributed by atoms with Crippen molar-refractivity contribution in [2.24, 2.45) is 10.7 Å². The van der Waals surface area contributed by atoms with Crippen molar-refractivity contribution in [2.45, 2.75) is 32.0 Å². The van der Waals surface area contributed by atoms with E-state index < -0.39 is 6.55 Å². The summed E-state index contributed by atoms with van der Waals surface area (Å²) < 4.78 is 31.3. The highest BCUT2D eigenvalue weighted by atomic mass is 127. The van der Waals surface area contributed by atoms with E-state index in [1.54, 1.807) is 0 Å². The molecule has 6 nitrogen and oxygen atoms in total. The minimum atomic E-state index is -2.62. The second-order valence-electron chi connectivity index (χ2n) is 4.25. The lowest BCUT2D eigenvalue weighted by Gasteiger charge is -2.11. The third-order valence-corrected chi connectivity index (χ3v) is 2.88. The van der Waals surface area contributed by atoms with Gasteiger partial charge in [0, 0.05) is 25.5 Å². The minimum Gasteiger partial charge on any atom is -0.376 e. The van der Waals surface area contributed by atoms with Crippen LogP contribution in [0.1, 0.15) is 25.2 Å². The zero-order valence-electron chi connectivity index (χ0n) is 10.8. The summed E-state index contributed by atoms with van der Waals surface area (Å²) in [5.74, 6) is 0.385. The second kappa shape index (κ2) is 8.35. The zero-order valence-corrected chi connectivity index (χ0v) is 13.2. The predicted molar refractivity (Wildman–Crippen MR) is 81.2 cm³/mol. The summed E-state index contributed by atoms with van der Waals surface area (Å²) in [5.41, 5.74) is 5.65. The minimum absolute atomic E-state index is 0. The Kier molecular flexibility index (Phi) is 7.13. The van der Waals surface area contributed by atoms with Crippen molar-refractivity contribution in [1.82, 2.24) is 14.9 Å². The first kappa shape index (κ1) is 17.1. The fraction of sp³-hybridized carbons (Fsp3) is 0.636. The topological polar surface area (TPSA) is 77.5 Å². The first-order chi connectivity index (χ1) is 9.16. The number of nitrogens with zero attached hydrogens (tertiary/aromatic N) is 3. The quantitative estimate of drug-likeness (QED) is 0.445. The molecule has 20 heavy (non-hydrogen) atoms. The molecular formula is C11H18F2IN5O. The summed E-state index contributed by atoms with van der Waals surface area (Å²) in [6.45, 7) is -1.25. The van der Waals surface area contributed by atoms with Crippen LogP contribution in [0, 0.1) is 0 Å². The fourth-order valence-electron chi connectivity index (χ4n) is 1.88. The summed E-state index contributed by atoms with van der Waals surface area (Å²) in [5, 5.41) is 2.91. The molecule has 114 valence electrons. The molecular weight excluding hydrogens is 383 g/mol. The summed E-state index contributed by atoms with van der Waals surface area (Å²) in [7, 11) is 0. The van der Waals surface area contributed by atoms with Gasteiger partial charge >= 0.3 is 6.55 Å². The average Bonchev–Trinajstić information content (AvgIpc) is 3.04. The summed E-state index contributed by atoms with van der Waals surface area (Å²) in [6, 6.07) is 0. The third kappa shape index (κ3) is 4.85. The Labute approximate surface area is 132 Å². The molecule has 1 aromatic rings. The molecule has 1 aromatic heterocycles. The highest BCUT2D eigenvalue weighted by Gasteiger charge is 2.15. The summed E-state index contributed by atoms with van der Waals surface area (Å²) >= 11 is 0. The zero-order chi connectivity index (χ0) is 13.7. The number of aliphatic imine (C=N–C) groups is 1. The molecule has 1 aliphatic rings. The number of halogens is 3. The predicted octanol–water partition coefficient (Wildman–Crippen LogP) is 1.48. The Morgan fingerprint density at radius 3 is 3.10 bits per heavy atom. The molecule has 0 saturated carbocycles. The van der Waals surface area contributed by atoms with Crippen molar-refractivity contribution in [1.29, 1.82) is 0 Å². The van der Waals surface area contributed by atoms with E-state index in [1.807, 2.05) is 0 Å². The molecule has 1 fully saturated rings. The van der Waals surface area contributed by atoms with Gasteiger partial charge in [-0.2, -0.15) is 8.78 Å². The largest absolute Gasteiger partial charge is 0.376 e. The van der Waals surface area contributed by atoms with E-state index in [0.29, 0.717) is 6.54 Å². The van der Waals surface area contributed by atoms with Gasteiger partial charge in [0.15, 0.2) is 5.96 Å². The molecule has 2 heterocycles. The second-order valence-corrected chi connectivity index (χ2v) is 4.25. The van der Waals surface area contributed by atoms with Gasteiger partial charge in [0.1, 0.15) is 12.4 Å². The normalized spacial score (nSPS) is 19.1. The molecule has 9 heteroatoms. The van der Waals surface area contributed by atoms with E-state index in [4.69, 9.17) is 10.5 Å². The molecule has 0 bridgehead atoms. The molecule has 0 radical (unpaired) electrons. The van der Waals surface area contributed by atoms with Crippen LogP contribution >= 0.6 is 24.0 Å². The molecule has 1 unspecified atom stereocenters. The summed E-state index contributed by atoms with van der Waals surface area (Å²) in [6.07, 6.45) is 4.72. The number of hydrogen-bond acceptors (Lipinski definition) is 3. The van der Waals surface area contributed by atoms with E-state index >= 15 is 0 Å². The van der Waals surface area contributed by atoms with Crippen LogP contribution in [0.2, 0.25) is 0 Å². The van der Waals surface area contributed by atoms with Crippen LogP contribution in [0.4, 0.5) is 8.78 Å². The maximum atomic E-state index is 12.5. The molecule has 0 aromatic carbocycles. The Morgan fingerprint density at radius 1 is 1.65 bits per heavy atom. The van der Waals surface area contributed by atoms with Crippen molar-refractivity contribution >= 4 is 29.9 Å². The maximum absolute atomic E-state index is 12.5. The van der Waals surface area contributed by atoms with E-state index in [9.17, 15) is 8.78 Å². The van der Waals surface area contributed by atoms with Crippen molar-refractivity contribution in [3.8, 4) is 0 Å². The number of alkyl halides is 2. The smallest absolute Gasteiger partial charge is 0.319 e. The van der Waals surface area contributed by atoms with Crippen LogP contribution in [0.15, 0.2) is 17.4 Å². The van der Waals surface area contributed by atoms with Crippen molar-refractivity contribution in [2.75, 3.05) is 13.2 Å². The van der Waals surface area contributed by atoms with E-state index in [-0.39, 0.29) is 48.4 Å². The van der Waals surface area contributed by atoms with Gasteiger partial charge in [-0.1, -0.05) is 0 Å². The van der Waals surface area contributed by atoms with Gasteiger partial charge in [-0.25, -0.2) is 9.98 Å². The van der Waals surface area contributed by atoms with Crippen molar-refractivity contribution < 1.29 is 13.5 Å². The van der Waals surface area contributed by atoms with Crippen LogP contribution < -0.4 is 11.1 Å². The summed E-state index contributed by atoms with van der Waals surface area (Å²) in [4.78, 5) is 7.80. The molecule has 1 saturated heterocycles. The third-order valence-electron chi connectivity index (χ3n) is 2.88. The molecule has 0 aliphatic carbocycles. The number of rotatable bonds is 5.